The summed E-state index contributed by atoms with van der Waals surface area (Å²) >= 11 is 1.34. The summed E-state index contributed by atoms with van der Waals surface area (Å²) in [5.74, 6) is 0.251. The van der Waals surface area contributed by atoms with Crippen molar-refractivity contribution in [1.29, 1.82) is 0 Å². The Balaban J connectivity index is 1.88. The van der Waals surface area contributed by atoms with Crippen LogP contribution in [0.3, 0.4) is 0 Å². The highest BCUT2D eigenvalue weighted by Gasteiger charge is 2.38. The highest BCUT2D eigenvalue weighted by atomic mass is 32.1. The van der Waals surface area contributed by atoms with Crippen LogP contribution in [0.5, 0.6) is 0 Å². The summed E-state index contributed by atoms with van der Waals surface area (Å²) in [6.45, 7) is 1.45. The van der Waals surface area contributed by atoms with Crippen molar-refractivity contribution in [2.24, 2.45) is 13.0 Å². The van der Waals surface area contributed by atoms with Crippen molar-refractivity contribution in [2.75, 3.05) is 0 Å². The van der Waals surface area contributed by atoms with E-state index in [1.165, 1.54) is 31.7 Å². The predicted molar refractivity (Wildman–Crippen MR) is 87.8 cm³/mol. The first-order valence-corrected chi connectivity index (χ1v) is 8.99. The van der Waals surface area contributed by atoms with Gasteiger partial charge in [-0.2, -0.15) is 18.3 Å². The van der Waals surface area contributed by atoms with Gasteiger partial charge in [-0.05, 0) is 37.8 Å². The number of rotatable bonds is 3. The van der Waals surface area contributed by atoms with Gasteiger partial charge in [0, 0.05) is 17.5 Å². The largest absolute Gasteiger partial charge is 0.433 e. The van der Waals surface area contributed by atoms with Crippen LogP contribution in [0.25, 0.3) is 10.6 Å². The molecule has 1 saturated carbocycles. The molecule has 0 spiro atoms. The minimum absolute atomic E-state index is 0.130. The van der Waals surface area contributed by atoms with E-state index in [0.29, 0.717) is 10.6 Å². The molecule has 0 aliphatic heterocycles. The van der Waals surface area contributed by atoms with Crippen molar-refractivity contribution in [1.82, 2.24) is 9.78 Å². The first kappa shape index (κ1) is 17.5. The fourth-order valence-corrected chi connectivity index (χ4v) is 4.71. The number of aliphatic hydroxyl groups excluding tert-OH is 1. The van der Waals surface area contributed by atoms with Gasteiger partial charge in [0.05, 0.1) is 11.0 Å². The first-order chi connectivity index (χ1) is 11.3. The van der Waals surface area contributed by atoms with E-state index >= 15 is 0 Å². The molecule has 7 heteroatoms. The zero-order valence-electron chi connectivity index (χ0n) is 13.7. The molecule has 0 aromatic carbocycles. The lowest BCUT2D eigenvalue weighted by molar-refractivity contribution is -0.144. The van der Waals surface area contributed by atoms with Gasteiger partial charge in [0.2, 0.25) is 0 Å². The SMILES string of the molecule is Cc1c(-c2ccc(C(O)C3CCCCC3)s2)nn(C)c1C(F)(F)F. The average molecular weight is 358 g/mol. The molecule has 1 aliphatic rings. The molecule has 1 atom stereocenters. The maximum Gasteiger partial charge on any atom is 0.433 e. The van der Waals surface area contributed by atoms with E-state index in [1.54, 1.807) is 6.07 Å². The van der Waals surface area contributed by atoms with Gasteiger partial charge in [-0.25, -0.2) is 0 Å². The molecular weight excluding hydrogens is 337 g/mol. The van der Waals surface area contributed by atoms with Crippen molar-refractivity contribution >= 4 is 11.3 Å². The summed E-state index contributed by atoms with van der Waals surface area (Å²) in [5.41, 5.74) is -0.247. The zero-order valence-corrected chi connectivity index (χ0v) is 14.5. The minimum Gasteiger partial charge on any atom is -0.387 e. The number of aromatic nitrogens is 2. The quantitative estimate of drug-likeness (QED) is 0.830. The van der Waals surface area contributed by atoms with Crippen LogP contribution >= 0.6 is 11.3 Å². The van der Waals surface area contributed by atoms with E-state index in [4.69, 9.17) is 0 Å². The number of aryl methyl sites for hydroxylation is 1. The maximum absolute atomic E-state index is 13.1. The smallest absolute Gasteiger partial charge is 0.387 e. The Kier molecular flexibility index (Phi) is 4.75. The number of hydrogen-bond donors (Lipinski definition) is 1. The minimum atomic E-state index is -4.42. The van der Waals surface area contributed by atoms with Gasteiger partial charge in [0.1, 0.15) is 11.4 Å². The Morgan fingerprint density at radius 2 is 1.92 bits per heavy atom. The Morgan fingerprint density at radius 3 is 2.50 bits per heavy atom. The standard InChI is InChI=1S/C17H21F3N2OS/c1-10-14(21-22(2)16(10)17(18,19)20)12-8-9-13(24-12)15(23)11-6-4-3-5-7-11/h8-9,11,15,23H,3-7H2,1-2H3. The van der Waals surface area contributed by atoms with E-state index in [-0.39, 0.29) is 11.5 Å². The maximum atomic E-state index is 13.1. The number of aliphatic hydroxyl groups is 1. The Hall–Kier alpha value is -1.34. The summed E-state index contributed by atoms with van der Waals surface area (Å²) in [7, 11) is 1.31. The highest BCUT2D eigenvalue weighted by Crippen LogP contribution is 2.41. The Bertz CT molecular complexity index is 714. The fourth-order valence-electron chi connectivity index (χ4n) is 3.58. The number of nitrogens with zero attached hydrogens (tertiary/aromatic N) is 2. The van der Waals surface area contributed by atoms with E-state index in [0.717, 1.165) is 35.2 Å². The van der Waals surface area contributed by atoms with Crippen LogP contribution in [-0.2, 0) is 13.2 Å². The normalized spacial score (nSPS) is 18.1. The summed E-state index contributed by atoms with van der Waals surface area (Å²) in [5, 5.41) is 14.6. The Morgan fingerprint density at radius 1 is 1.25 bits per heavy atom. The van der Waals surface area contributed by atoms with Crippen molar-refractivity contribution < 1.29 is 18.3 Å². The molecule has 1 N–H and O–H groups in total. The average Bonchev–Trinajstić information content (AvgIpc) is 3.11. The molecule has 3 nitrogen and oxygen atoms in total. The lowest BCUT2D eigenvalue weighted by Gasteiger charge is -2.25. The summed E-state index contributed by atoms with van der Waals surface area (Å²) < 4.78 is 40.2. The molecule has 2 heterocycles. The van der Waals surface area contributed by atoms with Crippen molar-refractivity contribution in [3.8, 4) is 10.6 Å². The third-order valence-electron chi connectivity index (χ3n) is 4.80. The van der Waals surface area contributed by atoms with Crippen LogP contribution in [-0.4, -0.2) is 14.9 Å². The molecular formula is C17H21F3N2OS. The molecule has 0 radical (unpaired) electrons. The molecule has 0 bridgehead atoms. The molecule has 0 saturated heterocycles. The summed E-state index contributed by atoms with van der Waals surface area (Å²) in [6, 6.07) is 3.59. The van der Waals surface area contributed by atoms with Crippen LogP contribution in [0, 0.1) is 12.8 Å². The van der Waals surface area contributed by atoms with Gasteiger partial charge in [-0.3, -0.25) is 4.68 Å². The third-order valence-corrected chi connectivity index (χ3v) is 5.96. The molecule has 2 aromatic rings. The van der Waals surface area contributed by atoms with E-state index in [9.17, 15) is 18.3 Å². The van der Waals surface area contributed by atoms with Crippen molar-refractivity contribution in [3.05, 3.63) is 28.3 Å². The van der Waals surface area contributed by atoms with Gasteiger partial charge >= 0.3 is 6.18 Å². The van der Waals surface area contributed by atoms with E-state index in [1.807, 2.05) is 6.07 Å². The molecule has 24 heavy (non-hydrogen) atoms. The number of hydrogen-bond acceptors (Lipinski definition) is 3. The Labute approximate surface area is 143 Å². The van der Waals surface area contributed by atoms with E-state index < -0.39 is 18.0 Å². The lowest BCUT2D eigenvalue weighted by Crippen LogP contribution is -2.14. The molecule has 1 unspecified atom stereocenters. The fraction of sp³-hybridized carbons (Fsp3) is 0.588. The predicted octanol–water partition coefficient (Wildman–Crippen LogP) is 5.09. The molecule has 1 aliphatic carbocycles. The number of thiophene rings is 1. The van der Waals surface area contributed by atoms with Crippen molar-refractivity contribution in [2.45, 2.75) is 51.3 Å². The number of halogens is 3. The highest BCUT2D eigenvalue weighted by molar-refractivity contribution is 7.15. The molecule has 0 amide bonds. The monoisotopic (exact) mass is 358 g/mol. The van der Waals surface area contributed by atoms with Gasteiger partial charge < -0.3 is 5.11 Å². The third kappa shape index (κ3) is 3.24. The topological polar surface area (TPSA) is 38.1 Å². The van der Waals surface area contributed by atoms with Crippen molar-refractivity contribution in [3.63, 3.8) is 0 Å². The number of alkyl halides is 3. The van der Waals surface area contributed by atoms with Crippen LogP contribution in [0.4, 0.5) is 13.2 Å². The second-order valence-electron chi connectivity index (χ2n) is 6.49. The van der Waals surface area contributed by atoms with Crippen LogP contribution in [0.15, 0.2) is 12.1 Å². The summed E-state index contributed by atoms with van der Waals surface area (Å²) in [4.78, 5) is 1.49. The second-order valence-corrected chi connectivity index (χ2v) is 7.60. The van der Waals surface area contributed by atoms with Gasteiger partial charge in [0.25, 0.3) is 0 Å². The van der Waals surface area contributed by atoms with Crippen LogP contribution in [0.1, 0.15) is 54.3 Å². The second kappa shape index (κ2) is 6.52. The zero-order chi connectivity index (χ0) is 17.5. The van der Waals surface area contributed by atoms with Crippen LogP contribution in [0.2, 0.25) is 0 Å². The van der Waals surface area contributed by atoms with Gasteiger partial charge in [-0.1, -0.05) is 19.3 Å². The van der Waals surface area contributed by atoms with E-state index in [2.05, 4.69) is 5.10 Å². The van der Waals surface area contributed by atoms with Crippen LogP contribution < -0.4 is 0 Å². The first-order valence-electron chi connectivity index (χ1n) is 8.18. The molecule has 3 rings (SSSR count). The summed E-state index contributed by atoms with van der Waals surface area (Å²) in [6.07, 6.45) is 0.542. The molecule has 132 valence electrons. The molecule has 1 fully saturated rings. The lowest BCUT2D eigenvalue weighted by atomic mass is 9.85. The van der Waals surface area contributed by atoms with Gasteiger partial charge in [0.15, 0.2) is 0 Å². The van der Waals surface area contributed by atoms with Gasteiger partial charge in [-0.15, -0.1) is 11.3 Å². The molecule has 2 aromatic heterocycles.